The molecule has 1 amide bonds. The number of phenolic OH excluding ortho intramolecular Hbond substituents is 1. The number of amides is 1. The van der Waals surface area contributed by atoms with Crippen molar-refractivity contribution in [1.29, 1.82) is 0 Å². The van der Waals surface area contributed by atoms with E-state index in [0.717, 1.165) is 10.0 Å². The highest BCUT2D eigenvalue weighted by atomic mass is 79.9. The summed E-state index contributed by atoms with van der Waals surface area (Å²) in [6.45, 7) is 0.250. The standard InChI is InChI=1S/C22H16BrN3O3S/c23-17-7-3-5-15(11-17)12-20-21(28)26(14-18-8-4-10-29-18)22(30-20)25-24-13-16-6-1-2-9-19(16)27/h1-13,27H,14H2/b20-12-,24-13+,25-22-. The van der Waals surface area contributed by atoms with Gasteiger partial charge in [-0.3, -0.25) is 9.69 Å². The molecule has 30 heavy (non-hydrogen) atoms. The lowest BCUT2D eigenvalue weighted by atomic mass is 10.2. The van der Waals surface area contributed by atoms with E-state index in [2.05, 4.69) is 26.1 Å². The highest BCUT2D eigenvalue weighted by Gasteiger charge is 2.34. The van der Waals surface area contributed by atoms with Crippen LogP contribution >= 0.6 is 27.7 Å². The monoisotopic (exact) mass is 481 g/mol. The summed E-state index contributed by atoms with van der Waals surface area (Å²) in [6, 6.07) is 18.1. The maximum atomic E-state index is 13.0. The second-order valence-electron chi connectivity index (χ2n) is 6.32. The Labute approximate surface area is 185 Å². The maximum Gasteiger partial charge on any atom is 0.267 e. The number of furan rings is 1. The number of rotatable bonds is 5. The van der Waals surface area contributed by atoms with E-state index in [4.69, 9.17) is 4.42 Å². The number of hydrogen-bond acceptors (Lipinski definition) is 6. The number of benzene rings is 2. The molecule has 0 saturated carbocycles. The Hall–Kier alpha value is -3.10. The smallest absolute Gasteiger partial charge is 0.267 e. The fourth-order valence-electron chi connectivity index (χ4n) is 2.77. The van der Waals surface area contributed by atoms with Crippen molar-refractivity contribution in [3.63, 3.8) is 0 Å². The minimum absolute atomic E-state index is 0.110. The van der Waals surface area contributed by atoms with Crippen LogP contribution in [0.15, 0.2) is 90.9 Å². The Morgan fingerprint density at radius 1 is 1.13 bits per heavy atom. The van der Waals surface area contributed by atoms with Crippen LogP contribution < -0.4 is 0 Å². The molecule has 150 valence electrons. The van der Waals surface area contributed by atoms with E-state index in [1.165, 1.54) is 22.9 Å². The maximum absolute atomic E-state index is 13.0. The molecule has 1 fully saturated rings. The summed E-state index contributed by atoms with van der Waals surface area (Å²) in [4.78, 5) is 15.1. The lowest BCUT2D eigenvalue weighted by molar-refractivity contribution is -0.122. The van der Waals surface area contributed by atoms with E-state index >= 15 is 0 Å². The van der Waals surface area contributed by atoms with Crippen LogP contribution in [0, 0.1) is 0 Å². The molecule has 0 unspecified atom stereocenters. The van der Waals surface area contributed by atoms with Gasteiger partial charge in [0.2, 0.25) is 0 Å². The summed E-state index contributed by atoms with van der Waals surface area (Å²) in [7, 11) is 0. The zero-order valence-electron chi connectivity index (χ0n) is 15.6. The number of thioether (sulfide) groups is 1. The normalized spacial score (nSPS) is 17.0. The molecule has 0 atom stereocenters. The molecule has 0 spiro atoms. The molecule has 8 heteroatoms. The first kappa shape index (κ1) is 20.2. The van der Waals surface area contributed by atoms with Gasteiger partial charge in [0.15, 0.2) is 5.17 Å². The summed E-state index contributed by atoms with van der Waals surface area (Å²) in [6.07, 6.45) is 4.84. The van der Waals surface area contributed by atoms with Crippen molar-refractivity contribution < 1.29 is 14.3 Å². The van der Waals surface area contributed by atoms with E-state index in [0.29, 0.717) is 21.4 Å². The third-order valence-electron chi connectivity index (χ3n) is 4.21. The van der Waals surface area contributed by atoms with Crippen LogP contribution in [0.4, 0.5) is 0 Å². The van der Waals surface area contributed by atoms with E-state index < -0.39 is 0 Å². The predicted molar refractivity (Wildman–Crippen MR) is 122 cm³/mol. The topological polar surface area (TPSA) is 78.4 Å². The highest BCUT2D eigenvalue weighted by Crippen LogP contribution is 2.34. The Morgan fingerprint density at radius 3 is 2.77 bits per heavy atom. The fraction of sp³-hybridized carbons (Fsp3) is 0.0455. The van der Waals surface area contributed by atoms with Gasteiger partial charge >= 0.3 is 0 Å². The molecule has 1 aliphatic rings. The zero-order chi connectivity index (χ0) is 20.9. The van der Waals surface area contributed by atoms with E-state index in [1.54, 1.807) is 42.7 Å². The first-order chi connectivity index (χ1) is 14.6. The largest absolute Gasteiger partial charge is 0.507 e. The molecule has 1 N–H and O–H groups in total. The van der Waals surface area contributed by atoms with E-state index in [-0.39, 0.29) is 18.2 Å². The first-order valence-corrected chi connectivity index (χ1v) is 10.6. The number of phenols is 1. The highest BCUT2D eigenvalue weighted by molar-refractivity contribution is 9.10. The predicted octanol–water partition coefficient (Wildman–Crippen LogP) is 5.25. The first-order valence-electron chi connectivity index (χ1n) is 8.98. The summed E-state index contributed by atoms with van der Waals surface area (Å²) < 4.78 is 6.33. The quantitative estimate of drug-likeness (QED) is 0.306. The third kappa shape index (κ3) is 4.72. The van der Waals surface area contributed by atoms with Crippen LogP contribution in [-0.2, 0) is 11.3 Å². The average Bonchev–Trinajstić information content (AvgIpc) is 3.34. The minimum atomic E-state index is -0.173. The number of amidine groups is 1. The summed E-state index contributed by atoms with van der Waals surface area (Å²) in [5, 5.41) is 18.6. The molecule has 1 saturated heterocycles. The lowest BCUT2D eigenvalue weighted by Gasteiger charge is -2.12. The number of hydrogen-bond donors (Lipinski definition) is 1. The molecule has 0 radical (unpaired) electrons. The Kier molecular flexibility index (Phi) is 6.15. The zero-order valence-corrected chi connectivity index (χ0v) is 18.0. The number of nitrogens with zero attached hydrogens (tertiary/aromatic N) is 3. The van der Waals surface area contributed by atoms with Gasteiger partial charge in [-0.2, -0.15) is 5.10 Å². The van der Waals surface area contributed by atoms with Gasteiger partial charge in [0, 0.05) is 10.0 Å². The minimum Gasteiger partial charge on any atom is -0.507 e. The van der Waals surface area contributed by atoms with Crippen LogP contribution in [0.1, 0.15) is 16.9 Å². The number of halogens is 1. The van der Waals surface area contributed by atoms with Crippen LogP contribution in [0.3, 0.4) is 0 Å². The summed E-state index contributed by atoms with van der Waals surface area (Å²) in [5.41, 5.74) is 1.44. The summed E-state index contributed by atoms with van der Waals surface area (Å²) >= 11 is 4.69. The number of carbonyl (C=O) groups is 1. The van der Waals surface area contributed by atoms with Crippen molar-refractivity contribution >= 4 is 51.1 Å². The van der Waals surface area contributed by atoms with Crippen molar-refractivity contribution in [3.05, 3.63) is 93.2 Å². The molecule has 0 bridgehead atoms. The SMILES string of the molecule is O=C1/C(=C/c2cccc(Br)c2)S/C(=N\N=C\c2ccccc2O)N1Cc1ccco1. The van der Waals surface area contributed by atoms with E-state index in [1.807, 2.05) is 30.3 Å². The molecule has 1 aromatic heterocycles. The lowest BCUT2D eigenvalue weighted by Crippen LogP contribution is -2.28. The molecule has 6 nitrogen and oxygen atoms in total. The van der Waals surface area contributed by atoms with Gasteiger partial charge in [0.1, 0.15) is 11.5 Å². The van der Waals surface area contributed by atoms with Gasteiger partial charge < -0.3 is 9.52 Å². The molecule has 4 rings (SSSR count). The molecule has 2 heterocycles. The van der Waals surface area contributed by atoms with Crippen LogP contribution in [0.5, 0.6) is 5.75 Å². The van der Waals surface area contributed by atoms with Crippen molar-refractivity contribution in [2.75, 3.05) is 0 Å². The second kappa shape index (κ2) is 9.15. The van der Waals surface area contributed by atoms with Gasteiger partial charge in [-0.25, -0.2) is 0 Å². The molecule has 3 aromatic rings. The van der Waals surface area contributed by atoms with Crippen molar-refractivity contribution in [3.8, 4) is 5.75 Å². The van der Waals surface area contributed by atoms with E-state index in [9.17, 15) is 9.90 Å². The third-order valence-corrected chi connectivity index (χ3v) is 5.70. The Bertz CT molecular complexity index is 1160. The van der Waals surface area contributed by atoms with Gasteiger partial charge in [-0.05, 0) is 59.8 Å². The molecular weight excluding hydrogens is 466 g/mol. The van der Waals surface area contributed by atoms with Crippen molar-refractivity contribution in [2.24, 2.45) is 10.2 Å². The van der Waals surface area contributed by atoms with Crippen LogP contribution in [-0.4, -0.2) is 27.3 Å². The second-order valence-corrected chi connectivity index (χ2v) is 8.25. The fourth-order valence-corrected chi connectivity index (χ4v) is 4.12. The van der Waals surface area contributed by atoms with Gasteiger partial charge in [0.25, 0.3) is 5.91 Å². The molecule has 1 aliphatic heterocycles. The molecular formula is C22H16BrN3O3S. The number of aromatic hydroxyl groups is 1. The van der Waals surface area contributed by atoms with Gasteiger partial charge in [-0.15, -0.1) is 5.10 Å². The van der Waals surface area contributed by atoms with Crippen LogP contribution in [0.2, 0.25) is 0 Å². The molecule has 2 aromatic carbocycles. The number of carbonyl (C=O) groups excluding carboxylic acids is 1. The van der Waals surface area contributed by atoms with Crippen LogP contribution in [0.25, 0.3) is 6.08 Å². The Morgan fingerprint density at radius 2 is 2.00 bits per heavy atom. The number of para-hydroxylation sites is 1. The van der Waals surface area contributed by atoms with Crippen molar-refractivity contribution in [2.45, 2.75) is 6.54 Å². The van der Waals surface area contributed by atoms with Gasteiger partial charge in [0.05, 0.1) is 23.9 Å². The van der Waals surface area contributed by atoms with Crippen molar-refractivity contribution in [1.82, 2.24) is 4.90 Å². The van der Waals surface area contributed by atoms with Gasteiger partial charge in [-0.1, -0.05) is 40.2 Å². The Balaban J connectivity index is 1.64. The summed E-state index contributed by atoms with van der Waals surface area (Å²) in [5.74, 6) is 0.581. The molecule has 0 aliphatic carbocycles. The average molecular weight is 482 g/mol.